The molecule has 1 aliphatic heterocycles. The van der Waals surface area contributed by atoms with Gasteiger partial charge >= 0.3 is 0 Å². The minimum Gasteiger partial charge on any atom is -0.337 e. The van der Waals surface area contributed by atoms with Crippen LogP contribution in [0.5, 0.6) is 0 Å². The molecule has 1 N–H and O–H groups in total. The predicted molar refractivity (Wildman–Crippen MR) is 143 cm³/mol. The number of carbonyl (C=O) groups excluding carboxylic acids is 2. The molecular weight excluding hydrogens is 483 g/mol. The Morgan fingerprint density at radius 3 is 2.71 bits per heavy atom. The van der Waals surface area contributed by atoms with Crippen molar-refractivity contribution in [2.45, 2.75) is 43.9 Å². The van der Waals surface area contributed by atoms with E-state index in [2.05, 4.69) is 25.2 Å². The molecule has 174 valence electrons. The number of hydrogen-bond donors (Lipinski definition) is 1. The molecule has 0 fully saturated rings. The van der Waals surface area contributed by atoms with Crippen LogP contribution >= 0.6 is 34.4 Å². The Labute approximate surface area is 211 Å². The van der Waals surface area contributed by atoms with Gasteiger partial charge in [0.2, 0.25) is 5.91 Å². The highest BCUT2D eigenvalue weighted by Gasteiger charge is 2.28. The first-order chi connectivity index (χ1) is 16.4. The summed E-state index contributed by atoms with van der Waals surface area (Å²) in [6, 6.07) is 15.9. The molecule has 8 heteroatoms. The van der Waals surface area contributed by atoms with Crippen LogP contribution in [-0.2, 0) is 17.8 Å². The van der Waals surface area contributed by atoms with Crippen LogP contribution in [0.3, 0.4) is 0 Å². The van der Waals surface area contributed by atoms with E-state index in [0.717, 1.165) is 42.0 Å². The summed E-state index contributed by atoms with van der Waals surface area (Å²) < 4.78 is 1.12. The number of para-hydroxylation sites is 1. The number of nitrogens with zero attached hydrogens (tertiary/aromatic N) is 2. The van der Waals surface area contributed by atoms with E-state index >= 15 is 0 Å². The van der Waals surface area contributed by atoms with Gasteiger partial charge in [0.05, 0.1) is 16.8 Å². The number of hydrogen-bond acceptors (Lipinski definition) is 6. The molecule has 2 aromatic heterocycles. The molecular formula is C26H25N3O2S3. The Bertz CT molecular complexity index is 1360. The molecule has 0 radical (unpaired) electrons. The second-order valence-corrected chi connectivity index (χ2v) is 12.3. The van der Waals surface area contributed by atoms with Crippen molar-refractivity contribution in [1.82, 2.24) is 9.88 Å². The largest absolute Gasteiger partial charge is 0.337 e. The van der Waals surface area contributed by atoms with Crippen LogP contribution in [0.15, 0.2) is 53.4 Å². The van der Waals surface area contributed by atoms with Crippen LogP contribution in [0.2, 0.25) is 0 Å². The molecule has 0 spiro atoms. The van der Waals surface area contributed by atoms with Crippen molar-refractivity contribution in [3.63, 3.8) is 0 Å². The molecule has 0 saturated heterocycles. The molecule has 3 heterocycles. The van der Waals surface area contributed by atoms with Gasteiger partial charge in [-0.3, -0.25) is 9.59 Å². The van der Waals surface area contributed by atoms with Crippen molar-refractivity contribution < 1.29 is 9.59 Å². The fraction of sp³-hybridized carbons (Fsp3) is 0.269. The monoisotopic (exact) mass is 507 g/mol. The number of anilines is 1. The fourth-order valence-electron chi connectivity index (χ4n) is 4.12. The van der Waals surface area contributed by atoms with Crippen LogP contribution < -0.4 is 5.32 Å². The van der Waals surface area contributed by atoms with Gasteiger partial charge in [-0.15, -0.1) is 34.4 Å². The minimum atomic E-state index is -0.129. The second-order valence-electron chi connectivity index (χ2n) is 8.53. The smallest absolute Gasteiger partial charge is 0.256 e. The Morgan fingerprint density at radius 2 is 1.94 bits per heavy atom. The standard InChI is InChI=1S/C26H25N3O2S3/c1-15(2)32-18-8-6-7-17(13-18)24(31)28-26-23(25-27-20-9-4-5-10-21(20)33-25)19-11-12-29(16(3)30)14-22(19)34-26/h4-10,13,15H,11-12,14H2,1-3H3,(H,28,31). The molecule has 2 amide bonds. The SMILES string of the molecule is CC(=O)N1CCc2c(sc(NC(=O)c3cccc(SC(C)C)c3)c2-c2nc3ccccc3s2)C1. The van der Waals surface area contributed by atoms with Gasteiger partial charge in [-0.1, -0.05) is 32.0 Å². The summed E-state index contributed by atoms with van der Waals surface area (Å²) in [6.07, 6.45) is 0.757. The zero-order valence-corrected chi connectivity index (χ0v) is 21.7. The van der Waals surface area contributed by atoms with Crippen molar-refractivity contribution >= 4 is 61.5 Å². The van der Waals surface area contributed by atoms with Crippen LogP contribution in [0.4, 0.5) is 5.00 Å². The number of amides is 2. The lowest BCUT2D eigenvalue weighted by molar-refractivity contribution is -0.129. The molecule has 1 aliphatic rings. The Balaban J connectivity index is 1.54. The first-order valence-electron chi connectivity index (χ1n) is 11.2. The third-order valence-electron chi connectivity index (χ3n) is 5.71. The summed E-state index contributed by atoms with van der Waals surface area (Å²) >= 11 is 4.94. The Hall–Kier alpha value is -2.68. The van der Waals surface area contributed by atoms with Gasteiger partial charge in [-0.2, -0.15) is 0 Å². The third-order valence-corrected chi connectivity index (χ3v) is 8.89. The predicted octanol–water partition coefficient (Wildman–Crippen LogP) is 6.68. The lowest BCUT2D eigenvalue weighted by Gasteiger charge is -2.26. The summed E-state index contributed by atoms with van der Waals surface area (Å²) in [7, 11) is 0. The van der Waals surface area contributed by atoms with Gasteiger partial charge in [0.15, 0.2) is 0 Å². The number of nitrogens with one attached hydrogen (secondary N) is 1. The van der Waals surface area contributed by atoms with Crippen LogP contribution in [0, 0.1) is 0 Å². The van der Waals surface area contributed by atoms with E-state index in [1.807, 2.05) is 47.4 Å². The molecule has 5 rings (SSSR count). The molecule has 0 atom stereocenters. The van der Waals surface area contributed by atoms with Gasteiger partial charge in [0.25, 0.3) is 5.91 Å². The lowest BCUT2D eigenvalue weighted by Crippen LogP contribution is -2.33. The summed E-state index contributed by atoms with van der Waals surface area (Å²) in [4.78, 5) is 34.3. The highest BCUT2D eigenvalue weighted by Crippen LogP contribution is 2.45. The van der Waals surface area contributed by atoms with Crippen LogP contribution in [-0.4, -0.2) is 33.5 Å². The lowest BCUT2D eigenvalue weighted by atomic mass is 10.0. The Morgan fingerprint density at radius 1 is 1.12 bits per heavy atom. The van der Waals surface area contributed by atoms with Crippen molar-refractivity contribution in [3.05, 3.63) is 64.5 Å². The Kier molecular flexibility index (Phi) is 6.46. The average Bonchev–Trinajstić information content (AvgIpc) is 3.38. The number of benzene rings is 2. The van der Waals surface area contributed by atoms with E-state index in [1.54, 1.807) is 41.4 Å². The first-order valence-corrected chi connectivity index (χ1v) is 13.7. The highest BCUT2D eigenvalue weighted by atomic mass is 32.2. The van der Waals surface area contributed by atoms with Crippen molar-refractivity contribution in [2.24, 2.45) is 0 Å². The maximum absolute atomic E-state index is 13.3. The zero-order valence-electron chi connectivity index (χ0n) is 19.3. The highest BCUT2D eigenvalue weighted by molar-refractivity contribution is 7.99. The van der Waals surface area contributed by atoms with Gasteiger partial charge in [0, 0.05) is 39.6 Å². The van der Waals surface area contributed by atoms with Gasteiger partial charge in [0.1, 0.15) is 10.0 Å². The number of rotatable bonds is 5. The zero-order chi connectivity index (χ0) is 23.8. The van der Waals surface area contributed by atoms with Gasteiger partial charge in [-0.25, -0.2) is 4.98 Å². The second kappa shape index (κ2) is 9.52. The van der Waals surface area contributed by atoms with Crippen molar-refractivity contribution in [3.8, 4) is 10.6 Å². The fourth-order valence-corrected chi connectivity index (χ4v) is 7.39. The van der Waals surface area contributed by atoms with Crippen LogP contribution in [0.25, 0.3) is 20.8 Å². The molecule has 34 heavy (non-hydrogen) atoms. The van der Waals surface area contributed by atoms with Crippen molar-refractivity contribution in [1.29, 1.82) is 0 Å². The van der Waals surface area contributed by atoms with Gasteiger partial charge in [-0.05, 0) is 42.3 Å². The van der Waals surface area contributed by atoms with E-state index in [4.69, 9.17) is 4.98 Å². The first kappa shape index (κ1) is 23.1. The molecule has 0 unspecified atom stereocenters. The number of carbonyl (C=O) groups is 2. The van der Waals surface area contributed by atoms with E-state index in [9.17, 15) is 9.59 Å². The summed E-state index contributed by atoms with van der Waals surface area (Å²) in [6.45, 7) is 7.14. The number of thiazole rings is 1. The van der Waals surface area contributed by atoms with Crippen molar-refractivity contribution in [2.75, 3.05) is 11.9 Å². The number of thiophene rings is 1. The third kappa shape index (κ3) is 4.62. The number of fused-ring (bicyclic) bond motifs is 2. The van der Waals surface area contributed by atoms with E-state index in [0.29, 0.717) is 23.9 Å². The maximum Gasteiger partial charge on any atom is 0.256 e. The molecule has 4 aromatic rings. The summed E-state index contributed by atoms with van der Waals surface area (Å²) in [5.74, 6) is -0.0544. The number of thioether (sulfide) groups is 1. The summed E-state index contributed by atoms with van der Waals surface area (Å²) in [5.41, 5.74) is 3.79. The number of aromatic nitrogens is 1. The topological polar surface area (TPSA) is 62.3 Å². The minimum absolute atomic E-state index is 0.0747. The van der Waals surface area contributed by atoms with Crippen LogP contribution in [0.1, 0.15) is 41.6 Å². The molecule has 5 nitrogen and oxygen atoms in total. The molecule has 0 saturated carbocycles. The van der Waals surface area contributed by atoms with Gasteiger partial charge < -0.3 is 10.2 Å². The summed E-state index contributed by atoms with van der Waals surface area (Å²) in [5, 5.41) is 5.35. The molecule has 0 aliphatic carbocycles. The van der Waals surface area contributed by atoms with E-state index < -0.39 is 0 Å². The molecule has 2 aromatic carbocycles. The van der Waals surface area contributed by atoms with E-state index in [1.165, 1.54) is 5.56 Å². The average molecular weight is 508 g/mol. The van der Waals surface area contributed by atoms with E-state index in [-0.39, 0.29) is 11.8 Å². The maximum atomic E-state index is 13.3. The normalized spacial score (nSPS) is 13.4. The molecule has 0 bridgehead atoms. The quantitative estimate of drug-likeness (QED) is 0.306.